The fourth-order valence-corrected chi connectivity index (χ4v) is 6.13. The second-order valence-electron chi connectivity index (χ2n) is 11.9. The van der Waals surface area contributed by atoms with E-state index in [4.69, 9.17) is 23.5 Å². The number of carbonyl (C=O) groups excluding carboxylic acids is 1. The third-order valence-corrected chi connectivity index (χ3v) is 13.2. The number of nitrogens with zero attached hydrogens (tertiary/aromatic N) is 1. The molecule has 0 spiro atoms. The number of aliphatic hydroxyl groups is 1. The summed E-state index contributed by atoms with van der Waals surface area (Å²) in [5.41, 5.74) is 2.69. The van der Waals surface area contributed by atoms with Gasteiger partial charge in [0, 0.05) is 12.8 Å². The van der Waals surface area contributed by atoms with E-state index < -0.39 is 20.4 Å². The first-order valence-electron chi connectivity index (χ1n) is 14.2. The first kappa shape index (κ1) is 35.8. The summed E-state index contributed by atoms with van der Waals surface area (Å²) in [6.45, 7) is 11.4. The number of halogens is 2. The third kappa shape index (κ3) is 10.2. The summed E-state index contributed by atoms with van der Waals surface area (Å²) in [5, 5.41) is 14.8. The second kappa shape index (κ2) is 16.0. The average Bonchev–Trinajstić information content (AvgIpc) is 2.96. The molecule has 0 radical (unpaired) electrons. The largest absolute Gasteiger partial charge is 0.492 e. The first-order chi connectivity index (χ1) is 20.7. The minimum absolute atomic E-state index is 0.0753. The van der Waals surface area contributed by atoms with Crippen LogP contribution < -0.4 is 9.47 Å². The van der Waals surface area contributed by atoms with Gasteiger partial charge in [-0.2, -0.15) is 0 Å². The van der Waals surface area contributed by atoms with Crippen LogP contribution in [0.3, 0.4) is 0 Å². The van der Waals surface area contributed by atoms with E-state index in [-0.39, 0.29) is 23.8 Å². The van der Waals surface area contributed by atoms with E-state index in [1.165, 1.54) is 7.11 Å². The first-order valence-corrected chi connectivity index (χ1v) is 18.7. The summed E-state index contributed by atoms with van der Waals surface area (Å²) < 4.78 is 24.4. The molecule has 238 valence electrons. The summed E-state index contributed by atoms with van der Waals surface area (Å²) in [4.78, 5) is 18.0. The zero-order chi connectivity index (χ0) is 32.5. The molecule has 1 unspecified atom stereocenters. The molecule has 0 aromatic heterocycles. The molecule has 1 atom stereocenters. The molecular weight excluding hydrogens is 710 g/mol. The van der Waals surface area contributed by atoms with Crippen LogP contribution in [0.5, 0.6) is 17.2 Å². The van der Waals surface area contributed by atoms with E-state index in [1.807, 2.05) is 54.6 Å². The summed E-state index contributed by atoms with van der Waals surface area (Å²) in [7, 11) is 0.902. The monoisotopic (exact) mass is 749 g/mol. The minimum Gasteiger partial charge on any atom is -0.492 e. The molecule has 8 nitrogen and oxygen atoms in total. The average molecular weight is 752 g/mol. The van der Waals surface area contributed by atoms with Crippen LogP contribution in [0, 0.1) is 0 Å². The Morgan fingerprint density at radius 3 is 2.23 bits per heavy atom. The standard InChI is InChI=1S/C33H41Br2NO7Si/c1-33(2,3)44(6,7)42-21-25(37)15-23-13-14-29(26(34)16-23)43-30-19-24(17-27(35)31(30)39-4)18-28(32(38)40-5)36-41-20-22-11-9-8-10-12-22/h8-14,16-17,19,25,37H,15,18,20-21H2,1-7H3/b36-28+. The van der Waals surface area contributed by atoms with Crippen molar-refractivity contribution in [2.24, 2.45) is 5.16 Å². The van der Waals surface area contributed by atoms with Crippen molar-refractivity contribution in [3.63, 3.8) is 0 Å². The lowest BCUT2D eigenvalue weighted by molar-refractivity contribution is -0.133. The van der Waals surface area contributed by atoms with Gasteiger partial charge in [-0.05, 0) is 90.9 Å². The van der Waals surface area contributed by atoms with Crippen LogP contribution in [0.2, 0.25) is 18.1 Å². The van der Waals surface area contributed by atoms with Gasteiger partial charge in [-0.3, -0.25) is 0 Å². The van der Waals surface area contributed by atoms with Crippen LogP contribution in [0.15, 0.2) is 74.8 Å². The number of esters is 1. The lowest BCUT2D eigenvalue weighted by atomic mass is 10.1. The highest BCUT2D eigenvalue weighted by atomic mass is 79.9. The predicted octanol–water partition coefficient (Wildman–Crippen LogP) is 8.23. The predicted molar refractivity (Wildman–Crippen MR) is 182 cm³/mol. The Labute approximate surface area is 278 Å². The van der Waals surface area contributed by atoms with Crippen molar-refractivity contribution >= 4 is 51.9 Å². The van der Waals surface area contributed by atoms with Gasteiger partial charge in [0.1, 0.15) is 12.4 Å². The number of carbonyl (C=O) groups is 1. The zero-order valence-corrected chi connectivity index (χ0v) is 30.5. The molecule has 0 saturated heterocycles. The van der Waals surface area contributed by atoms with Gasteiger partial charge in [0.05, 0.1) is 35.9 Å². The van der Waals surface area contributed by atoms with Crippen LogP contribution in [-0.2, 0) is 38.2 Å². The second-order valence-corrected chi connectivity index (χ2v) is 18.4. The number of aliphatic hydroxyl groups excluding tert-OH is 1. The molecule has 0 aliphatic heterocycles. The van der Waals surface area contributed by atoms with Gasteiger partial charge in [0.15, 0.2) is 25.5 Å². The smallest absolute Gasteiger partial charge is 0.356 e. The van der Waals surface area contributed by atoms with E-state index in [0.29, 0.717) is 39.2 Å². The number of oxime groups is 1. The summed E-state index contributed by atoms with van der Waals surface area (Å²) in [6.07, 6.45) is -0.0484. The van der Waals surface area contributed by atoms with E-state index in [0.717, 1.165) is 16.7 Å². The van der Waals surface area contributed by atoms with Crippen molar-refractivity contribution in [1.29, 1.82) is 0 Å². The van der Waals surface area contributed by atoms with Crippen LogP contribution in [-0.4, -0.2) is 52.0 Å². The van der Waals surface area contributed by atoms with Gasteiger partial charge in [-0.1, -0.05) is 62.3 Å². The van der Waals surface area contributed by atoms with Gasteiger partial charge < -0.3 is 28.6 Å². The fraction of sp³-hybridized carbons (Fsp3) is 0.394. The van der Waals surface area contributed by atoms with Gasteiger partial charge >= 0.3 is 5.97 Å². The molecule has 0 aliphatic rings. The Morgan fingerprint density at radius 1 is 0.932 bits per heavy atom. The lowest BCUT2D eigenvalue weighted by Gasteiger charge is -2.36. The normalized spacial score (nSPS) is 12.9. The Balaban J connectivity index is 1.75. The molecule has 0 aliphatic carbocycles. The Morgan fingerprint density at radius 2 is 1.61 bits per heavy atom. The molecule has 0 fully saturated rings. The van der Waals surface area contributed by atoms with E-state index in [9.17, 15) is 9.90 Å². The Bertz CT molecular complexity index is 1440. The van der Waals surface area contributed by atoms with Gasteiger partial charge in [-0.15, -0.1) is 0 Å². The number of hydrogen-bond donors (Lipinski definition) is 1. The van der Waals surface area contributed by atoms with Crippen molar-refractivity contribution < 1.29 is 33.4 Å². The molecule has 44 heavy (non-hydrogen) atoms. The highest BCUT2D eigenvalue weighted by molar-refractivity contribution is 9.11. The summed E-state index contributed by atoms with van der Waals surface area (Å²) in [5.74, 6) is 0.876. The van der Waals surface area contributed by atoms with Crippen LogP contribution in [0.25, 0.3) is 0 Å². The molecule has 0 amide bonds. The molecule has 11 heteroatoms. The molecule has 1 N–H and O–H groups in total. The topological polar surface area (TPSA) is 95.8 Å². The zero-order valence-electron chi connectivity index (χ0n) is 26.3. The van der Waals surface area contributed by atoms with Crippen molar-refractivity contribution in [3.8, 4) is 17.2 Å². The van der Waals surface area contributed by atoms with Crippen molar-refractivity contribution in [2.45, 2.75) is 64.5 Å². The fourth-order valence-electron chi connectivity index (χ4n) is 3.93. The number of benzene rings is 3. The van der Waals surface area contributed by atoms with Gasteiger partial charge in [-0.25, -0.2) is 4.79 Å². The Kier molecular flexibility index (Phi) is 13.0. The SMILES string of the molecule is COC(=O)/C(Cc1cc(Br)c(OC)c(Oc2ccc(CC(O)CO[Si](C)(C)C(C)(C)C)cc2Br)c1)=N/OCc1ccccc1. The number of rotatable bonds is 14. The number of ether oxygens (including phenoxy) is 3. The number of methoxy groups -OCH3 is 2. The highest BCUT2D eigenvalue weighted by Crippen LogP contribution is 2.41. The van der Waals surface area contributed by atoms with E-state index in [1.54, 1.807) is 13.2 Å². The molecule has 0 heterocycles. The van der Waals surface area contributed by atoms with Crippen molar-refractivity contribution in [2.75, 3.05) is 20.8 Å². The maximum atomic E-state index is 12.5. The molecule has 3 aromatic rings. The molecule has 0 bridgehead atoms. The van der Waals surface area contributed by atoms with Gasteiger partial charge in [0.2, 0.25) is 0 Å². The molecule has 3 aromatic carbocycles. The van der Waals surface area contributed by atoms with Crippen LogP contribution in [0.1, 0.15) is 37.5 Å². The van der Waals surface area contributed by atoms with Crippen molar-refractivity contribution in [3.05, 3.63) is 86.3 Å². The van der Waals surface area contributed by atoms with Crippen molar-refractivity contribution in [1.82, 2.24) is 0 Å². The minimum atomic E-state index is -1.95. The Hall–Kier alpha value is -2.70. The van der Waals surface area contributed by atoms with E-state index >= 15 is 0 Å². The van der Waals surface area contributed by atoms with Crippen LogP contribution in [0.4, 0.5) is 0 Å². The third-order valence-electron chi connectivity index (χ3n) is 7.45. The van der Waals surface area contributed by atoms with Gasteiger partial charge in [0.25, 0.3) is 0 Å². The molecule has 3 rings (SSSR count). The summed E-state index contributed by atoms with van der Waals surface area (Å²) >= 11 is 7.17. The lowest BCUT2D eigenvalue weighted by Crippen LogP contribution is -2.42. The maximum Gasteiger partial charge on any atom is 0.356 e. The quantitative estimate of drug-likeness (QED) is 0.0768. The molecule has 0 saturated carbocycles. The maximum absolute atomic E-state index is 12.5. The summed E-state index contributed by atoms with van der Waals surface area (Å²) in [6, 6.07) is 18.8. The highest BCUT2D eigenvalue weighted by Gasteiger charge is 2.37. The number of hydrogen-bond acceptors (Lipinski definition) is 8. The van der Waals surface area contributed by atoms with Crippen LogP contribution >= 0.6 is 31.9 Å². The van der Waals surface area contributed by atoms with E-state index in [2.05, 4.69) is 70.9 Å². The molecular formula is C33H41Br2NO7Si.